The highest BCUT2D eigenvalue weighted by atomic mass is 16.2. The Balaban J connectivity index is 1.56. The molecule has 0 saturated heterocycles. The van der Waals surface area contributed by atoms with Gasteiger partial charge in [0.15, 0.2) is 0 Å². The van der Waals surface area contributed by atoms with Gasteiger partial charge in [0.1, 0.15) is 0 Å². The summed E-state index contributed by atoms with van der Waals surface area (Å²) in [5.74, 6) is -0.282. The summed E-state index contributed by atoms with van der Waals surface area (Å²) in [6.45, 7) is 5.92. The molecule has 4 heteroatoms. The predicted octanol–water partition coefficient (Wildman–Crippen LogP) is 6.81. The van der Waals surface area contributed by atoms with E-state index >= 15 is 0 Å². The Kier molecular flexibility index (Phi) is 6.60. The lowest BCUT2D eigenvalue weighted by molar-refractivity contribution is 0.0991. The molecule has 0 bridgehead atoms. The van der Waals surface area contributed by atoms with Gasteiger partial charge in [0.2, 0.25) is 0 Å². The van der Waals surface area contributed by atoms with Crippen LogP contribution in [0.3, 0.4) is 0 Å². The fraction of sp³-hybridized carbons (Fsp3) is 0.133. The van der Waals surface area contributed by atoms with Gasteiger partial charge in [-0.2, -0.15) is 0 Å². The third-order valence-corrected chi connectivity index (χ3v) is 6.04. The van der Waals surface area contributed by atoms with Crippen LogP contribution >= 0.6 is 0 Å². The highest BCUT2D eigenvalue weighted by Gasteiger charge is 2.17. The predicted molar refractivity (Wildman–Crippen MR) is 140 cm³/mol. The van der Waals surface area contributed by atoms with E-state index < -0.39 is 0 Å². The number of anilines is 2. The van der Waals surface area contributed by atoms with Crippen LogP contribution in [-0.4, -0.2) is 18.9 Å². The Labute approximate surface area is 200 Å². The molecule has 4 nitrogen and oxygen atoms in total. The van der Waals surface area contributed by atoms with Crippen molar-refractivity contribution in [3.63, 3.8) is 0 Å². The molecular formula is C30H28N2O2. The van der Waals surface area contributed by atoms with Gasteiger partial charge in [-0.25, -0.2) is 0 Å². The third kappa shape index (κ3) is 4.76. The molecule has 0 spiro atoms. The van der Waals surface area contributed by atoms with Gasteiger partial charge in [0.05, 0.1) is 0 Å². The zero-order chi connectivity index (χ0) is 24.2. The van der Waals surface area contributed by atoms with E-state index in [1.54, 1.807) is 24.1 Å². The van der Waals surface area contributed by atoms with E-state index in [1.165, 1.54) is 5.56 Å². The summed E-state index contributed by atoms with van der Waals surface area (Å²) in [5.41, 5.74) is 7.62. The van der Waals surface area contributed by atoms with Crippen LogP contribution in [0.15, 0.2) is 91.0 Å². The van der Waals surface area contributed by atoms with Crippen molar-refractivity contribution in [1.29, 1.82) is 0 Å². The van der Waals surface area contributed by atoms with E-state index in [0.29, 0.717) is 16.8 Å². The van der Waals surface area contributed by atoms with Crippen molar-refractivity contribution in [1.82, 2.24) is 0 Å². The van der Waals surface area contributed by atoms with E-state index in [1.807, 2.05) is 99.6 Å². The van der Waals surface area contributed by atoms with E-state index in [4.69, 9.17) is 0 Å². The largest absolute Gasteiger partial charge is 0.322 e. The maximum Gasteiger partial charge on any atom is 0.258 e. The molecule has 4 aromatic rings. The maximum atomic E-state index is 13.2. The van der Waals surface area contributed by atoms with Gasteiger partial charge >= 0.3 is 0 Å². The van der Waals surface area contributed by atoms with Crippen molar-refractivity contribution in [2.24, 2.45) is 0 Å². The third-order valence-electron chi connectivity index (χ3n) is 6.04. The standard InChI is InChI=1S/C30H28N2O2/c1-20-13-15-23(16-14-20)25-10-6-7-11-26(25)29(33)31-27-18-17-24(19-22(27)3)30(34)32(4)28-12-8-5-9-21(28)2/h5-19H,1-4H3,(H,31,33). The average Bonchev–Trinajstić information content (AvgIpc) is 2.85. The van der Waals surface area contributed by atoms with Crippen molar-refractivity contribution in [2.45, 2.75) is 20.8 Å². The summed E-state index contributed by atoms with van der Waals surface area (Å²) >= 11 is 0. The minimum Gasteiger partial charge on any atom is -0.322 e. The molecule has 0 fully saturated rings. The first-order chi connectivity index (χ1) is 16.3. The molecule has 0 unspecified atom stereocenters. The minimum absolute atomic E-state index is 0.0972. The fourth-order valence-electron chi connectivity index (χ4n) is 4.04. The second-order valence-electron chi connectivity index (χ2n) is 8.55. The van der Waals surface area contributed by atoms with Crippen LogP contribution in [0.1, 0.15) is 37.4 Å². The number of para-hydroxylation sites is 1. The SMILES string of the molecule is Cc1ccc(-c2ccccc2C(=O)Nc2ccc(C(=O)N(C)c3ccccc3C)cc2C)cc1. The lowest BCUT2D eigenvalue weighted by Gasteiger charge is -2.20. The van der Waals surface area contributed by atoms with Gasteiger partial charge in [0.25, 0.3) is 11.8 Å². The number of nitrogens with one attached hydrogen (secondary N) is 1. The number of nitrogens with zero attached hydrogens (tertiary/aromatic N) is 1. The Morgan fingerprint density at radius 1 is 0.735 bits per heavy atom. The second kappa shape index (κ2) is 9.75. The lowest BCUT2D eigenvalue weighted by atomic mass is 9.98. The Morgan fingerprint density at radius 3 is 2.12 bits per heavy atom. The zero-order valence-corrected chi connectivity index (χ0v) is 19.9. The first-order valence-corrected chi connectivity index (χ1v) is 11.3. The summed E-state index contributed by atoms with van der Waals surface area (Å²) < 4.78 is 0. The van der Waals surface area contributed by atoms with Gasteiger partial charge in [-0.15, -0.1) is 0 Å². The number of rotatable bonds is 5. The van der Waals surface area contributed by atoms with Crippen LogP contribution in [-0.2, 0) is 0 Å². The number of hydrogen-bond donors (Lipinski definition) is 1. The first kappa shape index (κ1) is 23.0. The van der Waals surface area contributed by atoms with Gasteiger partial charge in [-0.05, 0) is 73.4 Å². The fourth-order valence-corrected chi connectivity index (χ4v) is 4.04. The number of amides is 2. The number of carbonyl (C=O) groups excluding carboxylic acids is 2. The average molecular weight is 449 g/mol. The summed E-state index contributed by atoms with van der Waals surface area (Å²) in [6, 6.07) is 28.9. The van der Waals surface area contributed by atoms with Crippen molar-refractivity contribution >= 4 is 23.2 Å². The van der Waals surface area contributed by atoms with Crippen molar-refractivity contribution in [3.05, 3.63) is 119 Å². The second-order valence-corrected chi connectivity index (χ2v) is 8.55. The first-order valence-electron chi connectivity index (χ1n) is 11.3. The molecular weight excluding hydrogens is 420 g/mol. The molecule has 4 rings (SSSR count). The quantitative estimate of drug-likeness (QED) is 0.365. The summed E-state index contributed by atoms with van der Waals surface area (Å²) in [4.78, 5) is 27.9. The molecule has 2 amide bonds. The van der Waals surface area contributed by atoms with Crippen LogP contribution < -0.4 is 10.2 Å². The van der Waals surface area contributed by atoms with Gasteiger partial charge in [-0.3, -0.25) is 9.59 Å². The van der Waals surface area contributed by atoms with Crippen molar-refractivity contribution < 1.29 is 9.59 Å². The van der Waals surface area contributed by atoms with Crippen LogP contribution in [0.4, 0.5) is 11.4 Å². The molecule has 0 radical (unpaired) electrons. The molecule has 0 aromatic heterocycles. The van der Waals surface area contributed by atoms with E-state index in [-0.39, 0.29) is 11.8 Å². The molecule has 4 aromatic carbocycles. The molecule has 170 valence electrons. The smallest absolute Gasteiger partial charge is 0.258 e. The van der Waals surface area contributed by atoms with Crippen LogP contribution in [0, 0.1) is 20.8 Å². The molecule has 0 heterocycles. The monoisotopic (exact) mass is 448 g/mol. The lowest BCUT2D eigenvalue weighted by Crippen LogP contribution is -2.27. The van der Waals surface area contributed by atoms with Gasteiger partial charge in [0, 0.05) is 29.5 Å². The number of benzene rings is 4. The van der Waals surface area contributed by atoms with E-state index in [2.05, 4.69) is 5.32 Å². The normalized spacial score (nSPS) is 10.6. The number of aryl methyl sites for hydroxylation is 3. The van der Waals surface area contributed by atoms with Crippen LogP contribution in [0.2, 0.25) is 0 Å². The highest BCUT2D eigenvalue weighted by Crippen LogP contribution is 2.26. The van der Waals surface area contributed by atoms with Crippen LogP contribution in [0.25, 0.3) is 11.1 Å². The number of carbonyl (C=O) groups is 2. The zero-order valence-electron chi connectivity index (χ0n) is 19.9. The topological polar surface area (TPSA) is 49.4 Å². The van der Waals surface area contributed by atoms with Crippen LogP contribution in [0.5, 0.6) is 0 Å². The van der Waals surface area contributed by atoms with Crippen molar-refractivity contribution in [2.75, 3.05) is 17.3 Å². The molecule has 34 heavy (non-hydrogen) atoms. The van der Waals surface area contributed by atoms with E-state index in [0.717, 1.165) is 27.9 Å². The summed E-state index contributed by atoms with van der Waals surface area (Å²) in [5, 5.41) is 3.02. The Morgan fingerprint density at radius 2 is 1.41 bits per heavy atom. The minimum atomic E-state index is -0.185. The summed E-state index contributed by atoms with van der Waals surface area (Å²) in [6.07, 6.45) is 0. The van der Waals surface area contributed by atoms with E-state index in [9.17, 15) is 9.59 Å². The summed E-state index contributed by atoms with van der Waals surface area (Å²) in [7, 11) is 1.78. The maximum absolute atomic E-state index is 13.2. The molecule has 0 aliphatic rings. The Hall–Kier alpha value is -4.18. The van der Waals surface area contributed by atoms with Crippen molar-refractivity contribution in [3.8, 4) is 11.1 Å². The molecule has 0 saturated carbocycles. The van der Waals surface area contributed by atoms with Gasteiger partial charge in [-0.1, -0.05) is 66.2 Å². The molecule has 0 aliphatic heterocycles. The number of hydrogen-bond acceptors (Lipinski definition) is 2. The molecule has 1 N–H and O–H groups in total. The highest BCUT2D eigenvalue weighted by molar-refractivity contribution is 6.10. The Bertz CT molecular complexity index is 1360. The molecule has 0 atom stereocenters. The molecule has 0 aliphatic carbocycles. The van der Waals surface area contributed by atoms with Gasteiger partial charge < -0.3 is 10.2 Å².